The zero-order chi connectivity index (χ0) is 17.5. The van der Waals surface area contributed by atoms with E-state index in [1.807, 2.05) is 19.0 Å². The van der Waals surface area contributed by atoms with Crippen LogP contribution in [0.1, 0.15) is 10.5 Å². The maximum Gasteiger partial charge on any atom is 0.274 e. The molecular weight excluding hydrogens is 330 g/mol. The lowest BCUT2D eigenvalue weighted by atomic mass is 10.3. The van der Waals surface area contributed by atoms with Gasteiger partial charge in [-0.1, -0.05) is 11.6 Å². The number of likely N-dealkylation sites (N-methyl/N-ethyl adjacent to an activating group) is 1. The highest BCUT2D eigenvalue weighted by Gasteiger charge is 2.10. The molecule has 2 aromatic rings. The Kier molecular flexibility index (Phi) is 6.34. The number of ether oxygens (including phenoxy) is 1. The van der Waals surface area contributed by atoms with Crippen molar-refractivity contribution in [1.82, 2.24) is 14.9 Å². The maximum atomic E-state index is 12.3. The molecule has 0 aliphatic rings. The van der Waals surface area contributed by atoms with E-state index in [1.54, 1.807) is 30.5 Å². The van der Waals surface area contributed by atoms with Gasteiger partial charge in [0, 0.05) is 25.0 Å². The number of methoxy groups -OCH3 is 1. The van der Waals surface area contributed by atoms with Crippen LogP contribution >= 0.6 is 11.6 Å². The number of benzene rings is 1. The van der Waals surface area contributed by atoms with Crippen LogP contribution in [0.2, 0.25) is 5.02 Å². The molecule has 1 amide bonds. The first-order chi connectivity index (χ1) is 11.5. The van der Waals surface area contributed by atoms with E-state index in [1.165, 1.54) is 7.11 Å². The van der Waals surface area contributed by atoms with Crippen LogP contribution in [0.5, 0.6) is 5.75 Å². The lowest BCUT2D eigenvalue weighted by Crippen LogP contribution is -2.22. The van der Waals surface area contributed by atoms with Crippen LogP contribution in [0.15, 0.2) is 30.5 Å². The van der Waals surface area contributed by atoms with E-state index in [4.69, 9.17) is 16.3 Å². The Morgan fingerprint density at radius 3 is 2.79 bits per heavy atom. The summed E-state index contributed by atoms with van der Waals surface area (Å²) in [5.41, 5.74) is 0.829. The van der Waals surface area contributed by atoms with Gasteiger partial charge < -0.3 is 20.3 Å². The Bertz CT molecular complexity index is 709. The minimum atomic E-state index is -0.339. The first-order valence-electron chi connectivity index (χ1n) is 7.36. The summed E-state index contributed by atoms with van der Waals surface area (Å²) in [6.07, 6.45) is 1.54. The number of carbonyl (C=O) groups is 1. The second-order valence-corrected chi connectivity index (χ2v) is 5.71. The molecule has 0 radical (unpaired) electrons. The van der Waals surface area contributed by atoms with E-state index in [9.17, 15) is 4.79 Å². The molecule has 0 saturated heterocycles. The Morgan fingerprint density at radius 2 is 2.12 bits per heavy atom. The van der Waals surface area contributed by atoms with Crippen molar-refractivity contribution in [2.45, 2.75) is 0 Å². The summed E-state index contributed by atoms with van der Waals surface area (Å²) in [5.74, 6) is 0.621. The fourth-order valence-electron chi connectivity index (χ4n) is 1.90. The molecule has 7 nitrogen and oxygen atoms in total. The van der Waals surface area contributed by atoms with Gasteiger partial charge in [-0.25, -0.2) is 9.97 Å². The summed E-state index contributed by atoms with van der Waals surface area (Å²) < 4.78 is 5.08. The normalized spacial score (nSPS) is 10.5. The molecule has 1 aromatic carbocycles. The Balaban J connectivity index is 2.03. The van der Waals surface area contributed by atoms with Gasteiger partial charge >= 0.3 is 0 Å². The van der Waals surface area contributed by atoms with Crippen LogP contribution < -0.4 is 15.4 Å². The van der Waals surface area contributed by atoms with Crippen LogP contribution in [-0.2, 0) is 0 Å². The average molecular weight is 350 g/mol. The van der Waals surface area contributed by atoms with Crippen molar-refractivity contribution in [1.29, 1.82) is 0 Å². The predicted octanol–water partition coefficient (Wildman–Crippen LogP) is 2.36. The first-order valence-corrected chi connectivity index (χ1v) is 7.74. The molecule has 0 unspecified atom stereocenters. The molecule has 0 spiro atoms. The van der Waals surface area contributed by atoms with Crippen LogP contribution in [0.4, 0.5) is 11.6 Å². The Morgan fingerprint density at radius 1 is 1.33 bits per heavy atom. The molecule has 0 saturated carbocycles. The third-order valence-electron chi connectivity index (χ3n) is 3.14. The van der Waals surface area contributed by atoms with E-state index in [0.29, 0.717) is 29.0 Å². The van der Waals surface area contributed by atoms with E-state index < -0.39 is 0 Å². The summed E-state index contributed by atoms with van der Waals surface area (Å²) in [6.45, 7) is 1.52. The zero-order valence-electron chi connectivity index (χ0n) is 13.8. The monoisotopic (exact) mass is 349 g/mol. The molecule has 0 bridgehead atoms. The van der Waals surface area contributed by atoms with Crippen molar-refractivity contribution in [2.24, 2.45) is 0 Å². The number of anilines is 2. The number of hydrogen-bond acceptors (Lipinski definition) is 6. The number of amides is 1. The van der Waals surface area contributed by atoms with Gasteiger partial charge in [-0.15, -0.1) is 0 Å². The fraction of sp³-hybridized carbons (Fsp3) is 0.312. The van der Waals surface area contributed by atoms with Crippen LogP contribution in [-0.4, -0.2) is 55.1 Å². The smallest absolute Gasteiger partial charge is 0.274 e. The first kappa shape index (κ1) is 18.0. The standard InChI is InChI=1S/C16H20ClN5O2/c1-22(2)9-8-19-16-18-7-6-13(21-16)15(23)20-11-4-5-14(24-3)12(17)10-11/h4-7,10H,8-9H2,1-3H3,(H,20,23)(H,18,19,21). The number of nitrogens with zero attached hydrogens (tertiary/aromatic N) is 3. The number of hydrogen-bond donors (Lipinski definition) is 2. The topological polar surface area (TPSA) is 79.4 Å². The lowest BCUT2D eigenvalue weighted by Gasteiger charge is -2.11. The van der Waals surface area contributed by atoms with E-state index in [0.717, 1.165) is 6.54 Å². The molecular formula is C16H20ClN5O2. The molecule has 1 aromatic heterocycles. The summed E-state index contributed by atoms with van der Waals surface area (Å²) in [4.78, 5) is 22.7. The molecule has 2 rings (SSSR count). The highest BCUT2D eigenvalue weighted by molar-refractivity contribution is 6.32. The van der Waals surface area contributed by atoms with E-state index in [-0.39, 0.29) is 11.6 Å². The van der Waals surface area contributed by atoms with Crippen molar-refractivity contribution >= 4 is 29.1 Å². The summed E-state index contributed by atoms with van der Waals surface area (Å²) in [6, 6.07) is 6.57. The largest absolute Gasteiger partial charge is 0.495 e. The SMILES string of the molecule is COc1ccc(NC(=O)c2ccnc(NCCN(C)C)n2)cc1Cl. The van der Waals surface area contributed by atoms with Crippen LogP contribution in [0, 0.1) is 0 Å². The molecule has 0 atom stereocenters. The number of nitrogens with one attached hydrogen (secondary N) is 2. The van der Waals surface area contributed by atoms with Gasteiger partial charge in [0.1, 0.15) is 11.4 Å². The second kappa shape index (κ2) is 8.47. The van der Waals surface area contributed by atoms with E-state index in [2.05, 4.69) is 20.6 Å². The molecule has 24 heavy (non-hydrogen) atoms. The van der Waals surface area contributed by atoms with Gasteiger partial charge in [0.15, 0.2) is 0 Å². The third kappa shape index (κ3) is 5.07. The van der Waals surface area contributed by atoms with Gasteiger partial charge in [-0.3, -0.25) is 4.79 Å². The Labute approximate surface area is 146 Å². The molecule has 1 heterocycles. The molecule has 2 N–H and O–H groups in total. The fourth-order valence-corrected chi connectivity index (χ4v) is 2.16. The molecule has 8 heteroatoms. The minimum Gasteiger partial charge on any atom is -0.495 e. The van der Waals surface area contributed by atoms with Gasteiger partial charge in [0.2, 0.25) is 5.95 Å². The Hall–Kier alpha value is -2.38. The maximum absolute atomic E-state index is 12.3. The second-order valence-electron chi connectivity index (χ2n) is 5.30. The van der Waals surface area contributed by atoms with Crippen molar-refractivity contribution in [3.05, 3.63) is 41.2 Å². The highest BCUT2D eigenvalue weighted by Crippen LogP contribution is 2.27. The number of aromatic nitrogens is 2. The van der Waals surface area contributed by atoms with Crippen LogP contribution in [0.3, 0.4) is 0 Å². The number of carbonyl (C=O) groups excluding carboxylic acids is 1. The molecule has 0 aliphatic heterocycles. The van der Waals surface area contributed by atoms with Crippen molar-refractivity contribution in [2.75, 3.05) is 44.9 Å². The van der Waals surface area contributed by atoms with Gasteiger partial charge in [0.05, 0.1) is 12.1 Å². The highest BCUT2D eigenvalue weighted by atomic mass is 35.5. The number of halogens is 1. The van der Waals surface area contributed by atoms with E-state index >= 15 is 0 Å². The number of rotatable bonds is 7. The summed E-state index contributed by atoms with van der Waals surface area (Å²) >= 11 is 6.05. The molecule has 128 valence electrons. The average Bonchev–Trinajstić information content (AvgIpc) is 2.55. The van der Waals surface area contributed by atoms with Crippen LogP contribution in [0.25, 0.3) is 0 Å². The predicted molar refractivity (Wildman–Crippen MR) is 95.0 cm³/mol. The third-order valence-corrected chi connectivity index (χ3v) is 3.44. The van der Waals surface area contributed by atoms with Crippen molar-refractivity contribution in [3.63, 3.8) is 0 Å². The molecule has 0 fully saturated rings. The van der Waals surface area contributed by atoms with Gasteiger partial charge in [0.25, 0.3) is 5.91 Å². The van der Waals surface area contributed by atoms with Crippen molar-refractivity contribution < 1.29 is 9.53 Å². The molecule has 0 aliphatic carbocycles. The summed E-state index contributed by atoms with van der Waals surface area (Å²) in [7, 11) is 5.49. The zero-order valence-corrected chi connectivity index (χ0v) is 14.6. The van der Waals surface area contributed by atoms with Gasteiger partial charge in [-0.05, 0) is 38.4 Å². The van der Waals surface area contributed by atoms with Crippen molar-refractivity contribution in [3.8, 4) is 5.75 Å². The van der Waals surface area contributed by atoms with Gasteiger partial charge in [-0.2, -0.15) is 0 Å². The summed E-state index contributed by atoms with van der Waals surface area (Å²) in [5, 5.41) is 6.24. The lowest BCUT2D eigenvalue weighted by molar-refractivity contribution is 0.102. The quantitative estimate of drug-likeness (QED) is 0.799. The minimum absolute atomic E-state index is 0.268.